The molecular weight excluding hydrogens is 360 g/mol. The summed E-state index contributed by atoms with van der Waals surface area (Å²) in [6, 6.07) is 14.7. The van der Waals surface area contributed by atoms with Crippen LogP contribution >= 0.6 is 0 Å². The van der Waals surface area contributed by atoms with Crippen molar-refractivity contribution in [2.24, 2.45) is 0 Å². The van der Waals surface area contributed by atoms with Crippen LogP contribution in [0.2, 0.25) is 0 Å². The first-order chi connectivity index (χ1) is 13.5. The SMILES string of the molecule is COc1ccc(OC)c(-n2c(O)c(CCCc3ccccc3)c(=O)[nH]c2=O)c1. The van der Waals surface area contributed by atoms with Crippen LogP contribution in [-0.2, 0) is 12.8 Å². The number of rotatable bonds is 7. The molecule has 1 heterocycles. The number of benzene rings is 2. The highest BCUT2D eigenvalue weighted by Gasteiger charge is 2.18. The fourth-order valence-electron chi connectivity index (χ4n) is 3.10. The molecule has 0 saturated carbocycles. The lowest BCUT2D eigenvalue weighted by Gasteiger charge is -2.15. The van der Waals surface area contributed by atoms with Crippen LogP contribution in [0, 0.1) is 0 Å². The Hall–Kier alpha value is -3.48. The number of hydrogen-bond donors (Lipinski definition) is 2. The molecule has 0 saturated heterocycles. The van der Waals surface area contributed by atoms with Crippen LogP contribution < -0.4 is 20.7 Å². The van der Waals surface area contributed by atoms with Crippen LogP contribution in [0.1, 0.15) is 17.5 Å². The summed E-state index contributed by atoms with van der Waals surface area (Å²) < 4.78 is 11.5. The zero-order chi connectivity index (χ0) is 20.1. The first-order valence-corrected chi connectivity index (χ1v) is 8.88. The van der Waals surface area contributed by atoms with E-state index in [0.717, 1.165) is 16.6 Å². The average Bonchev–Trinajstić information content (AvgIpc) is 2.71. The van der Waals surface area contributed by atoms with Gasteiger partial charge in [-0.2, -0.15) is 0 Å². The van der Waals surface area contributed by atoms with Gasteiger partial charge in [0.25, 0.3) is 5.56 Å². The van der Waals surface area contributed by atoms with Gasteiger partial charge in [0.15, 0.2) is 0 Å². The molecule has 0 aliphatic rings. The van der Waals surface area contributed by atoms with Crippen molar-refractivity contribution in [3.63, 3.8) is 0 Å². The Morgan fingerprint density at radius 3 is 2.43 bits per heavy atom. The van der Waals surface area contributed by atoms with Crippen LogP contribution in [-0.4, -0.2) is 28.9 Å². The number of aromatic amines is 1. The maximum atomic E-state index is 12.4. The third-order valence-electron chi connectivity index (χ3n) is 4.54. The van der Waals surface area contributed by atoms with Crippen LogP contribution in [0.15, 0.2) is 58.1 Å². The maximum absolute atomic E-state index is 12.4. The van der Waals surface area contributed by atoms with Crippen molar-refractivity contribution in [2.45, 2.75) is 19.3 Å². The monoisotopic (exact) mass is 382 g/mol. The third kappa shape index (κ3) is 3.93. The number of aromatic hydroxyl groups is 1. The largest absolute Gasteiger partial charge is 0.497 e. The Kier molecular flexibility index (Phi) is 5.84. The molecule has 146 valence electrons. The van der Waals surface area contributed by atoms with Crippen LogP contribution in [0.25, 0.3) is 5.69 Å². The number of nitrogens with one attached hydrogen (secondary N) is 1. The predicted octanol–water partition coefficient (Wildman–Crippen LogP) is 2.42. The van der Waals surface area contributed by atoms with E-state index in [1.54, 1.807) is 18.2 Å². The number of methoxy groups -OCH3 is 2. The molecule has 0 aliphatic heterocycles. The summed E-state index contributed by atoms with van der Waals surface area (Å²) in [5, 5.41) is 10.7. The second kappa shape index (κ2) is 8.47. The molecule has 7 nitrogen and oxygen atoms in total. The second-order valence-corrected chi connectivity index (χ2v) is 6.27. The van der Waals surface area contributed by atoms with Crippen molar-refractivity contribution in [3.05, 3.63) is 80.5 Å². The lowest BCUT2D eigenvalue weighted by molar-refractivity contribution is 0.392. The molecule has 2 N–H and O–H groups in total. The van der Waals surface area contributed by atoms with Crippen LogP contribution in [0.4, 0.5) is 0 Å². The van der Waals surface area contributed by atoms with Crippen molar-refractivity contribution in [1.82, 2.24) is 9.55 Å². The zero-order valence-corrected chi connectivity index (χ0v) is 15.8. The van der Waals surface area contributed by atoms with Gasteiger partial charge in [-0.1, -0.05) is 30.3 Å². The second-order valence-electron chi connectivity index (χ2n) is 6.27. The molecule has 0 amide bonds. The topological polar surface area (TPSA) is 93.6 Å². The van der Waals surface area contributed by atoms with Gasteiger partial charge in [0.1, 0.15) is 11.5 Å². The van der Waals surface area contributed by atoms with Gasteiger partial charge in [0, 0.05) is 6.07 Å². The molecule has 0 aliphatic carbocycles. The molecule has 1 aromatic heterocycles. The summed E-state index contributed by atoms with van der Waals surface area (Å²) in [6.07, 6.45) is 1.72. The summed E-state index contributed by atoms with van der Waals surface area (Å²) in [6.45, 7) is 0. The highest BCUT2D eigenvalue weighted by atomic mass is 16.5. The normalized spacial score (nSPS) is 10.6. The van der Waals surface area contributed by atoms with Crippen molar-refractivity contribution in [3.8, 4) is 23.1 Å². The number of nitrogens with zero attached hydrogens (tertiary/aromatic N) is 1. The number of hydrogen-bond acceptors (Lipinski definition) is 5. The Labute approximate surface area is 161 Å². The molecule has 3 rings (SSSR count). The van der Waals surface area contributed by atoms with E-state index < -0.39 is 17.1 Å². The van der Waals surface area contributed by atoms with E-state index in [0.29, 0.717) is 24.3 Å². The first kappa shape index (κ1) is 19.3. The highest BCUT2D eigenvalue weighted by Crippen LogP contribution is 2.29. The van der Waals surface area contributed by atoms with Gasteiger partial charge in [-0.25, -0.2) is 9.36 Å². The fourth-order valence-corrected chi connectivity index (χ4v) is 3.10. The molecule has 2 aromatic carbocycles. The lowest BCUT2D eigenvalue weighted by Crippen LogP contribution is -2.31. The first-order valence-electron chi connectivity index (χ1n) is 8.88. The molecule has 7 heteroatoms. The van der Waals surface area contributed by atoms with Gasteiger partial charge < -0.3 is 14.6 Å². The molecule has 3 aromatic rings. The van der Waals surface area contributed by atoms with Gasteiger partial charge in [0.2, 0.25) is 5.88 Å². The maximum Gasteiger partial charge on any atom is 0.335 e. The summed E-state index contributed by atoms with van der Waals surface area (Å²) in [5.74, 6) is 0.452. The minimum absolute atomic E-state index is 0.153. The van der Waals surface area contributed by atoms with Gasteiger partial charge in [-0.3, -0.25) is 9.78 Å². The zero-order valence-electron chi connectivity index (χ0n) is 15.8. The van der Waals surface area contributed by atoms with E-state index in [1.165, 1.54) is 14.2 Å². The number of ether oxygens (including phenoxy) is 2. The molecular formula is C21H22N2O5. The Bertz CT molecular complexity index is 1070. The smallest absolute Gasteiger partial charge is 0.335 e. The van der Waals surface area contributed by atoms with Gasteiger partial charge >= 0.3 is 5.69 Å². The van der Waals surface area contributed by atoms with E-state index in [9.17, 15) is 14.7 Å². The van der Waals surface area contributed by atoms with E-state index >= 15 is 0 Å². The van der Waals surface area contributed by atoms with Crippen molar-refractivity contribution in [2.75, 3.05) is 14.2 Å². The van der Waals surface area contributed by atoms with E-state index in [4.69, 9.17) is 9.47 Å². The van der Waals surface area contributed by atoms with E-state index in [1.807, 2.05) is 30.3 Å². The average molecular weight is 382 g/mol. The van der Waals surface area contributed by atoms with Crippen LogP contribution in [0.5, 0.6) is 17.4 Å². The molecule has 0 unspecified atom stereocenters. The van der Waals surface area contributed by atoms with E-state index in [2.05, 4.69) is 4.98 Å². The lowest BCUT2D eigenvalue weighted by atomic mass is 10.1. The summed E-state index contributed by atoms with van der Waals surface area (Å²) >= 11 is 0. The quantitative estimate of drug-likeness (QED) is 0.655. The minimum atomic E-state index is -0.749. The number of aryl methyl sites for hydroxylation is 1. The molecule has 0 bridgehead atoms. The Morgan fingerprint density at radius 1 is 1.00 bits per heavy atom. The molecule has 0 fully saturated rings. The van der Waals surface area contributed by atoms with E-state index in [-0.39, 0.29) is 11.3 Å². The highest BCUT2D eigenvalue weighted by molar-refractivity contribution is 5.53. The standard InChI is InChI=1S/C21H22N2O5/c1-27-15-11-12-18(28-2)17(13-15)23-20(25)16(19(24)22-21(23)26)10-6-9-14-7-4-3-5-8-14/h3-5,7-8,11-13,25H,6,9-10H2,1-2H3,(H,22,24,26). The molecule has 0 radical (unpaired) electrons. The molecule has 0 spiro atoms. The van der Waals surface area contributed by atoms with Crippen molar-refractivity contribution < 1.29 is 14.6 Å². The number of aromatic nitrogens is 2. The fraction of sp³-hybridized carbons (Fsp3) is 0.238. The molecule has 0 atom stereocenters. The minimum Gasteiger partial charge on any atom is -0.497 e. The van der Waals surface area contributed by atoms with Crippen molar-refractivity contribution >= 4 is 0 Å². The van der Waals surface area contributed by atoms with Gasteiger partial charge in [-0.15, -0.1) is 0 Å². The summed E-state index contributed by atoms with van der Waals surface area (Å²) in [7, 11) is 2.95. The third-order valence-corrected chi connectivity index (χ3v) is 4.54. The van der Waals surface area contributed by atoms with Gasteiger partial charge in [0.05, 0.1) is 25.5 Å². The summed E-state index contributed by atoms with van der Waals surface area (Å²) in [4.78, 5) is 27.0. The Balaban J connectivity index is 1.99. The van der Waals surface area contributed by atoms with Crippen molar-refractivity contribution in [1.29, 1.82) is 0 Å². The predicted molar refractivity (Wildman–Crippen MR) is 106 cm³/mol. The summed E-state index contributed by atoms with van der Waals surface area (Å²) in [5.41, 5.74) is 0.237. The van der Waals surface area contributed by atoms with Gasteiger partial charge in [-0.05, 0) is 37.0 Å². The number of H-pyrrole nitrogens is 1. The van der Waals surface area contributed by atoms with Crippen LogP contribution in [0.3, 0.4) is 0 Å². The molecule has 28 heavy (non-hydrogen) atoms. The Morgan fingerprint density at radius 2 is 1.75 bits per heavy atom.